The van der Waals surface area contributed by atoms with Gasteiger partial charge < -0.3 is 16.0 Å². The minimum Gasteiger partial charge on any atom is -0.370 e. The fourth-order valence-corrected chi connectivity index (χ4v) is 2.12. The van der Waals surface area contributed by atoms with E-state index in [1.807, 2.05) is 0 Å². The van der Waals surface area contributed by atoms with Crippen LogP contribution in [0.2, 0.25) is 0 Å². The monoisotopic (exact) mass is 418 g/mol. The fourth-order valence-electron chi connectivity index (χ4n) is 2.12. The third-order valence-electron chi connectivity index (χ3n) is 3.29. The Labute approximate surface area is 152 Å². The van der Waals surface area contributed by atoms with Gasteiger partial charge in [-0.1, -0.05) is 50.5 Å². The maximum Gasteiger partial charge on any atom is 0.188 e. The molecule has 0 aliphatic heterocycles. The highest BCUT2D eigenvalue weighted by molar-refractivity contribution is 14.0. The van der Waals surface area contributed by atoms with Gasteiger partial charge in [-0.2, -0.15) is 0 Å². The van der Waals surface area contributed by atoms with Crippen LogP contribution in [0, 0.1) is 0 Å². The minimum absolute atomic E-state index is 0. The number of rotatable bonds is 9. The first-order chi connectivity index (χ1) is 10.1. The number of benzene rings is 1. The summed E-state index contributed by atoms with van der Waals surface area (Å²) in [5.74, 6) is 0.545. The van der Waals surface area contributed by atoms with Gasteiger partial charge in [0.2, 0.25) is 0 Å². The van der Waals surface area contributed by atoms with E-state index in [9.17, 15) is 0 Å². The molecule has 1 aromatic rings. The van der Waals surface area contributed by atoms with E-state index in [2.05, 4.69) is 60.5 Å². The van der Waals surface area contributed by atoms with Crippen molar-refractivity contribution in [1.82, 2.24) is 10.2 Å². The molecule has 4 nitrogen and oxygen atoms in total. The molecule has 126 valence electrons. The van der Waals surface area contributed by atoms with E-state index in [-0.39, 0.29) is 24.0 Å². The summed E-state index contributed by atoms with van der Waals surface area (Å²) in [6.45, 7) is 4.73. The number of nitrogens with one attached hydrogen (secondary N) is 1. The molecule has 1 rings (SSSR count). The van der Waals surface area contributed by atoms with Crippen LogP contribution in [0.15, 0.2) is 29.3 Å². The van der Waals surface area contributed by atoms with Crippen LogP contribution in [0.25, 0.3) is 0 Å². The lowest BCUT2D eigenvalue weighted by molar-refractivity contribution is 0.402. The van der Waals surface area contributed by atoms with Gasteiger partial charge >= 0.3 is 0 Å². The van der Waals surface area contributed by atoms with Crippen LogP contribution in [0.1, 0.15) is 43.7 Å². The summed E-state index contributed by atoms with van der Waals surface area (Å²) in [6, 6.07) is 8.55. The Kier molecular flexibility index (Phi) is 12.2. The maximum atomic E-state index is 5.86. The molecule has 0 spiro atoms. The van der Waals surface area contributed by atoms with Crippen molar-refractivity contribution in [1.29, 1.82) is 0 Å². The van der Waals surface area contributed by atoms with Crippen molar-refractivity contribution in [2.75, 3.05) is 20.6 Å². The predicted molar refractivity (Wildman–Crippen MR) is 107 cm³/mol. The lowest BCUT2D eigenvalue weighted by atomic mass is 10.1. The zero-order chi connectivity index (χ0) is 15.5. The Balaban J connectivity index is 0.00000441. The molecule has 22 heavy (non-hydrogen) atoms. The molecule has 5 heteroatoms. The van der Waals surface area contributed by atoms with Crippen molar-refractivity contribution in [3.63, 3.8) is 0 Å². The average molecular weight is 418 g/mol. The first-order valence-electron chi connectivity index (χ1n) is 7.88. The topological polar surface area (TPSA) is 53.6 Å². The van der Waals surface area contributed by atoms with Crippen molar-refractivity contribution in [2.45, 2.75) is 45.7 Å². The third-order valence-corrected chi connectivity index (χ3v) is 3.29. The number of hydrogen-bond donors (Lipinski definition) is 2. The minimum atomic E-state index is 0. The number of nitrogens with two attached hydrogens (primary N) is 1. The summed E-state index contributed by atoms with van der Waals surface area (Å²) in [5, 5.41) is 3.17. The number of unbranched alkanes of at least 4 members (excludes halogenated alkanes) is 3. The van der Waals surface area contributed by atoms with Crippen LogP contribution >= 0.6 is 24.0 Å². The molecule has 0 radical (unpaired) electrons. The number of hydrogen-bond acceptors (Lipinski definition) is 2. The van der Waals surface area contributed by atoms with Gasteiger partial charge in [0.05, 0.1) is 6.54 Å². The summed E-state index contributed by atoms with van der Waals surface area (Å²) < 4.78 is 0. The molecule has 0 unspecified atom stereocenters. The SMILES string of the molecule is CCCCCCNC(N)=NCc1ccc(CN(C)C)cc1.I. The Hall–Kier alpha value is -0.820. The van der Waals surface area contributed by atoms with E-state index in [0.717, 1.165) is 19.5 Å². The lowest BCUT2D eigenvalue weighted by Crippen LogP contribution is -2.32. The van der Waals surface area contributed by atoms with E-state index < -0.39 is 0 Å². The second-order valence-corrected chi connectivity index (χ2v) is 5.74. The fraction of sp³-hybridized carbons (Fsp3) is 0.588. The van der Waals surface area contributed by atoms with Gasteiger partial charge in [0, 0.05) is 13.1 Å². The van der Waals surface area contributed by atoms with Gasteiger partial charge in [0.25, 0.3) is 0 Å². The number of aliphatic imine (C=N–C) groups is 1. The molecule has 3 N–H and O–H groups in total. The van der Waals surface area contributed by atoms with E-state index in [0.29, 0.717) is 12.5 Å². The van der Waals surface area contributed by atoms with E-state index in [4.69, 9.17) is 5.73 Å². The summed E-state index contributed by atoms with van der Waals surface area (Å²) in [4.78, 5) is 6.54. The molecule has 0 saturated heterocycles. The molecule has 0 amide bonds. The molecule has 0 fully saturated rings. The molecule has 0 bridgehead atoms. The largest absolute Gasteiger partial charge is 0.370 e. The molecule has 0 aromatic heterocycles. The first-order valence-corrected chi connectivity index (χ1v) is 7.88. The molecule has 0 aliphatic carbocycles. The molecular weight excluding hydrogens is 387 g/mol. The van der Waals surface area contributed by atoms with Gasteiger partial charge in [0.15, 0.2) is 5.96 Å². The highest BCUT2D eigenvalue weighted by Crippen LogP contribution is 2.07. The van der Waals surface area contributed by atoms with Gasteiger partial charge in [-0.15, -0.1) is 24.0 Å². The van der Waals surface area contributed by atoms with Crippen LogP contribution < -0.4 is 11.1 Å². The number of halogens is 1. The van der Waals surface area contributed by atoms with Crippen molar-refractivity contribution in [3.05, 3.63) is 35.4 Å². The summed E-state index contributed by atoms with van der Waals surface area (Å²) in [6.07, 6.45) is 4.96. The van der Waals surface area contributed by atoms with Crippen molar-refractivity contribution in [2.24, 2.45) is 10.7 Å². The molecular formula is C17H31IN4. The number of guanidine groups is 1. The van der Waals surface area contributed by atoms with E-state index in [1.165, 1.54) is 30.4 Å². The Bertz CT molecular complexity index is 415. The smallest absolute Gasteiger partial charge is 0.188 e. The quantitative estimate of drug-likeness (QED) is 0.280. The molecule has 0 heterocycles. The second kappa shape index (κ2) is 12.7. The van der Waals surface area contributed by atoms with Gasteiger partial charge in [-0.25, -0.2) is 4.99 Å². The molecule has 0 aliphatic rings. The van der Waals surface area contributed by atoms with Crippen molar-refractivity contribution < 1.29 is 0 Å². The highest BCUT2D eigenvalue weighted by atomic mass is 127. The van der Waals surface area contributed by atoms with Gasteiger partial charge in [-0.3, -0.25) is 0 Å². The van der Waals surface area contributed by atoms with Crippen LogP contribution in [-0.4, -0.2) is 31.5 Å². The Morgan fingerprint density at radius 1 is 1.09 bits per heavy atom. The summed E-state index contributed by atoms with van der Waals surface area (Å²) in [5.41, 5.74) is 8.37. The van der Waals surface area contributed by atoms with Gasteiger partial charge in [0.1, 0.15) is 0 Å². The second-order valence-electron chi connectivity index (χ2n) is 5.74. The summed E-state index contributed by atoms with van der Waals surface area (Å²) >= 11 is 0. The van der Waals surface area contributed by atoms with E-state index >= 15 is 0 Å². The van der Waals surface area contributed by atoms with Crippen LogP contribution in [-0.2, 0) is 13.1 Å². The Morgan fingerprint density at radius 3 is 2.32 bits per heavy atom. The van der Waals surface area contributed by atoms with Crippen LogP contribution in [0.3, 0.4) is 0 Å². The van der Waals surface area contributed by atoms with Crippen molar-refractivity contribution in [3.8, 4) is 0 Å². The van der Waals surface area contributed by atoms with Gasteiger partial charge in [-0.05, 0) is 31.6 Å². The Morgan fingerprint density at radius 2 is 1.73 bits per heavy atom. The number of nitrogens with zero attached hydrogens (tertiary/aromatic N) is 2. The normalized spacial score (nSPS) is 11.4. The maximum absolute atomic E-state index is 5.86. The molecule has 0 atom stereocenters. The average Bonchev–Trinajstić information content (AvgIpc) is 2.46. The van der Waals surface area contributed by atoms with Crippen LogP contribution in [0.5, 0.6) is 0 Å². The zero-order valence-electron chi connectivity index (χ0n) is 14.1. The standard InChI is InChI=1S/C17H30N4.HI/c1-4-5-6-7-12-19-17(18)20-13-15-8-10-16(11-9-15)14-21(2)3;/h8-11H,4-7,12-14H2,1-3H3,(H3,18,19,20);1H. The van der Waals surface area contributed by atoms with Crippen LogP contribution in [0.4, 0.5) is 0 Å². The third kappa shape index (κ3) is 10.00. The zero-order valence-corrected chi connectivity index (χ0v) is 16.5. The van der Waals surface area contributed by atoms with Crippen molar-refractivity contribution >= 4 is 29.9 Å². The molecule has 1 aromatic carbocycles. The molecule has 0 saturated carbocycles. The first kappa shape index (κ1) is 21.2. The highest BCUT2D eigenvalue weighted by Gasteiger charge is 1.97. The summed E-state index contributed by atoms with van der Waals surface area (Å²) in [7, 11) is 4.15. The lowest BCUT2D eigenvalue weighted by Gasteiger charge is -2.09. The van der Waals surface area contributed by atoms with E-state index in [1.54, 1.807) is 0 Å². The predicted octanol–water partition coefficient (Wildman–Crippen LogP) is 3.35.